The molecule has 0 N–H and O–H groups in total. The third-order valence-electron chi connectivity index (χ3n) is 2.37. The van der Waals surface area contributed by atoms with Crippen LogP contribution in [-0.2, 0) is 10.0 Å². The van der Waals surface area contributed by atoms with Crippen LogP contribution in [0.25, 0.3) is 0 Å². The molecule has 0 radical (unpaired) electrons. The lowest BCUT2D eigenvalue weighted by Gasteiger charge is -2.19. The molecule has 0 saturated carbocycles. The van der Waals surface area contributed by atoms with Crippen molar-refractivity contribution in [1.29, 1.82) is 0 Å². The van der Waals surface area contributed by atoms with Crippen LogP contribution in [0.3, 0.4) is 0 Å². The zero-order valence-electron chi connectivity index (χ0n) is 9.38. The SMILES string of the molecule is CCC1=C(C)S(=O)(=O)N=C1C(C)(C)C. The van der Waals surface area contributed by atoms with Crippen LogP contribution < -0.4 is 0 Å². The molecule has 0 aromatic heterocycles. The van der Waals surface area contributed by atoms with E-state index in [1.54, 1.807) is 6.92 Å². The minimum absolute atomic E-state index is 0.198. The van der Waals surface area contributed by atoms with E-state index in [1.807, 2.05) is 27.7 Å². The lowest BCUT2D eigenvalue weighted by atomic mass is 9.84. The first-order valence-corrected chi connectivity index (χ1v) is 6.19. The van der Waals surface area contributed by atoms with Gasteiger partial charge >= 0.3 is 0 Å². The molecule has 0 atom stereocenters. The summed E-state index contributed by atoms with van der Waals surface area (Å²) in [5, 5.41) is 0. The zero-order chi connectivity index (χ0) is 11.1. The molecule has 0 bridgehead atoms. The quantitative estimate of drug-likeness (QED) is 0.674. The van der Waals surface area contributed by atoms with Crippen molar-refractivity contribution < 1.29 is 8.42 Å². The normalized spacial score (nSPS) is 21.4. The molecule has 80 valence electrons. The summed E-state index contributed by atoms with van der Waals surface area (Å²) in [6, 6.07) is 0. The van der Waals surface area contributed by atoms with Gasteiger partial charge in [0.1, 0.15) is 0 Å². The Bertz CT molecular complexity index is 408. The number of sulfonamides is 1. The second-order valence-electron chi connectivity index (χ2n) is 4.55. The molecule has 1 aliphatic heterocycles. The molecule has 0 aromatic rings. The monoisotopic (exact) mass is 215 g/mol. The molecule has 3 nitrogen and oxygen atoms in total. The maximum absolute atomic E-state index is 11.5. The van der Waals surface area contributed by atoms with Crippen molar-refractivity contribution in [1.82, 2.24) is 0 Å². The van der Waals surface area contributed by atoms with Gasteiger partial charge in [0.05, 0.1) is 10.6 Å². The highest BCUT2D eigenvalue weighted by atomic mass is 32.2. The van der Waals surface area contributed by atoms with E-state index in [1.165, 1.54) is 0 Å². The van der Waals surface area contributed by atoms with Gasteiger partial charge in [-0.2, -0.15) is 12.8 Å². The highest BCUT2D eigenvalue weighted by Gasteiger charge is 2.33. The van der Waals surface area contributed by atoms with Crippen LogP contribution in [0.5, 0.6) is 0 Å². The number of hydrogen-bond donors (Lipinski definition) is 0. The molecule has 1 rings (SSSR count). The zero-order valence-corrected chi connectivity index (χ0v) is 10.2. The van der Waals surface area contributed by atoms with Gasteiger partial charge in [-0.25, -0.2) is 0 Å². The average molecular weight is 215 g/mol. The Morgan fingerprint density at radius 3 is 2.07 bits per heavy atom. The minimum Gasteiger partial charge on any atom is -0.200 e. The third kappa shape index (κ3) is 1.75. The summed E-state index contributed by atoms with van der Waals surface area (Å²) >= 11 is 0. The van der Waals surface area contributed by atoms with Crippen molar-refractivity contribution in [2.45, 2.75) is 41.0 Å². The molecule has 14 heavy (non-hydrogen) atoms. The van der Waals surface area contributed by atoms with Crippen LogP contribution in [0, 0.1) is 5.41 Å². The fourth-order valence-electron chi connectivity index (χ4n) is 1.57. The van der Waals surface area contributed by atoms with E-state index in [9.17, 15) is 8.42 Å². The van der Waals surface area contributed by atoms with Gasteiger partial charge in [-0.1, -0.05) is 27.7 Å². The van der Waals surface area contributed by atoms with Gasteiger partial charge in [-0.05, 0) is 18.9 Å². The molecule has 0 unspecified atom stereocenters. The van der Waals surface area contributed by atoms with Gasteiger partial charge in [-0.3, -0.25) is 0 Å². The minimum atomic E-state index is -3.35. The van der Waals surface area contributed by atoms with E-state index >= 15 is 0 Å². The van der Waals surface area contributed by atoms with Crippen molar-refractivity contribution in [3.8, 4) is 0 Å². The largest absolute Gasteiger partial charge is 0.278 e. The predicted octanol–water partition coefficient (Wildman–Crippen LogP) is 2.50. The molecule has 4 heteroatoms. The maximum Gasteiger partial charge on any atom is 0.278 e. The van der Waals surface area contributed by atoms with Gasteiger partial charge in [0.25, 0.3) is 10.0 Å². The van der Waals surface area contributed by atoms with Gasteiger partial charge in [0, 0.05) is 5.41 Å². The highest BCUT2D eigenvalue weighted by Crippen LogP contribution is 2.33. The molecule has 1 aliphatic rings. The summed E-state index contributed by atoms with van der Waals surface area (Å²) in [5.74, 6) is 0. The third-order valence-corrected chi connectivity index (χ3v) is 3.82. The van der Waals surface area contributed by atoms with Gasteiger partial charge in [0.2, 0.25) is 0 Å². The molecular formula is C10H17NO2S. The van der Waals surface area contributed by atoms with Crippen LogP contribution >= 0.6 is 0 Å². The molecule has 0 spiro atoms. The first-order valence-electron chi connectivity index (χ1n) is 4.75. The average Bonchev–Trinajstić information content (AvgIpc) is 2.23. The Morgan fingerprint density at radius 2 is 1.79 bits per heavy atom. The fraction of sp³-hybridized carbons (Fsp3) is 0.700. The summed E-state index contributed by atoms with van der Waals surface area (Å²) in [7, 11) is -3.35. The summed E-state index contributed by atoms with van der Waals surface area (Å²) < 4.78 is 26.9. The second kappa shape index (κ2) is 3.19. The number of rotatable bonds is 1. The van der Waals surface area contributed by atoms with Crippen molar-refractivity contribution >= 4 is 15.7 Å². The van der Waals surface area contributed by atoms with E-state index in [0.717, 1.165) is 17.7 Å². The van der Waals surface area contributed by atoms with E-state index < -0.39 is 10.0 Å². The lowest BCUT2D eigenvalue weighted by molar-refractivity contribution is 0.587. The van der Waals surface area contributed by atoms with Crippen molar-refractivity contribution in [2.24, 2.45) is 9.81 Å². The number of hydrogen-bond acceptors (Lipinski definition) is 2. The smallest absolute Gasteiger partial charge is 0.200 e. The standard InChI is InChI=1S/C10H17NO2S/c1-6-8-7(2)14(12,13)11-9(8)10(3,4)5/h6H2,1-5H3. The first kappa shape index (κ1) is 11.4. The Balaban J connectivity index is 3.39. The van der Waals surface area contributed by atoms with Crippen LogP contribution in [-0.4, -0.2) is 14.1 Å². The number of nitrogens with zero attached hydrogens (tertiary/aromatic N) is 1. The highest BCUT2D eigenvalue weighted by molar-refractivity contribution is 7.94. The topological polar surface area (TPSA) is 46.5 Å². The molecule has 1 heterocycles. The summed E-state index contributed by atoms with van der Waals surface area (Å²) in [6.07, 6.45) is 0.723. The van der Waals surface area contributed by atoms with Crippen LogP contribution in [0.15, 0.2) is 14.9 Å². The van der Waals surface area contributed by atoms with Gasteiger partial charge in [-0.15, -0.1) is 0 Å². The Kier molecular flexibility index (Phi) is 2.61. The second-order valence-corrected chi connectivity index (χ2v) is 6.30. The predicted molar refractivity (Wildman–Crippen MR) is 58.8 cm³/mol. The number of allylic oxidation sites excluding steroid dienone is 2. The van der Waals surface area contributed by atoms with E-state index in [2.05, 4.69) is 4.40 Å². The van der Waals surface area contributed by atoms with Crippen molar-refractivity contribution in [3.63, 3.8) is 0 Å². The van der Waals surface area contributed by atoms with E-state index in [-0.39, 0.29) is 5.41 Å². The molecular weight excluding hydrogens is 198 g/mol. The van der Waals surface area contributed by atoms with Crippen LogP contribution in [0.4, 0.5) is 0 Å². The summed E-state index contributed by atoms with van der Waals surface area (Å²) in [5.41, 5.74) is 1.41. The Morgan fingerprint density at radius 1 is 1.29 bits per heavy atom. The summed E-state index contributed by atoms with van der Waals surface area (Å²) in [4.78, 5) is 0.421. The van der Waals surface area contributed by atoms with E-state index in [0.29, 0.717) is 4.91 Å². The van der Waals surface area contributed by atoms with Gasteiger partial charge < -0.3 is 0 Å². The molecule has 0 aliphatic carbocycles. The maximum atomic E-state index is 11.5. The molecule has 0 amide bonds. The van der Waals surface area contributed by atoms with Crippen molar-refractivity contribution in [2.75, 3.05) is 0 Å². The molecule has 0 aromatic carbocycles. The molecule has 0 fully saturated rings. The first-order chi connectivity index (χ1) is 6.20. The van der Waals surface area contributed by atoms with Crippen LogP contribution in [0.2, 0.25) is 0 Å². The van der Waals surface area contributed by atoms with Gasteiger partial charge in [0.15, 0.2) is 0 Å². The molecule has 0 saturated heterocycles. The summed E-state index contributed by atoms with van der Waals surface area (Å²) in [6.45, 7) is 9.54. The Labute approximate surface area is 86.0 Å². The van der Waals surface area contributed by atoms with Crippen LogP contribution in [0.1, 0.15) is 41.0 Å². The fourth-order valence-corrected chi connectivity index (χ4v) is 2.89. The Hall–Kier alpha value is -0.640. The van der Waals surface area contributed by atoms with E-state index in [4.69, 9.17) is 0 Å². The lowest BCUT2D eigenvalue weighted by Crippen LogP contribution is -2.20. The van der Waals surface area contributed by atoms with Crippen molar-refractivity contribution in [3.05, 3.63) is 10.5 Å².